The molecule has 2 nitrogen and oxygen atoms in total. The van der Waals surface area contributed by atoms with E-state index in [-0.39, 0.29) is 5.97 Å². The Hall–Kier alpha value is -1.05. The van der Waals surface area contributed by atoms with Gasteiger partial charge in [0.25, 0.3) is 0 Å². The van der Waals surface area contributed by atoms with Crippen molar-refractivity contribution in [2.45, 2.75) is 33.1 Å². The molecular weight excluding hydrogens is 164 g/mol. The summed E-state index contributed by atoms with van der Waals surface area (Å²) in [7, 11) is 0. The van der Waals surface area contributed by atoms with Gasteiger partial charge in [-0.15, -0.1) is 0 Å². The molecule has 74 valence electrons. The molecule has 13 heavy (non-hydrogen) atoms. The van der Waals surface area contributed by atoms with Gasteiger partial charge in [-0.2, -0.15) is 0 Å². The molecule has 0 unspecified atom stereocenters. The van der Waals surface area contributed by atoms with E-state index >= 15 is 0 Å². The predicted octanol–water partition coefficient (Wildman–Crippen LogP) is 2.85. The average Bonchev–Trinajstić information content (AvgIpc) is 2.11. The van der Waals surface area contributed by atoms with Crippen molar-refractivity contribution in [2.24, 2.45) is 0 Å². The molecule has 0 aromatic heterocycles. The standard InChI is InChI=1S/C11H18O2/c1-3-5-6-7-8-10-13-11(12)9-4-2/h3-5,9H,6-8,10H2,1-2H3. The van der Waals surface area contributed by atoms with Crippen LogP contribution in [0.2, 0.25) is 0 Å². The van der Waals surface area contributed by atoms with Crippen molar-refractivity contribution >= 4 is 5.97 Å². The summed E-state index contributed by atoms with van der Waals surface area (Å²) in [6.45, 7) is 4.33. The zero-order valence-electron chi connectivity index (χ0n) is 8.45. The van der Waals surface area contributed by atoms with Gasteiger partial charge >= 0.3 is 5.97 Å². The first kappa shape index (κ1) is 11.9. The second-order valence-electron chi connectivity index (χ2n) is 2.73. The van der Waals surface area contributed by atoms with Gasteiger partial charge < -0.3 is 4.74 Å². The van der Waals surface area contributed by atoms with Gasteiger partial charge in [-0.1, -0.05) is 18.2 Å². The van der Waals surface area contributed by atoms with Gasteiger partial charge in [-0.3, -0.25) is 0 Å². The molecule has 0 aromatic rings. The van der Waals surface area contributed by atoms with E-state index in [4.69, 9.17) is 4.74 Å². The van der Waals surface area contributed by atoms with Crippen LogP contribution in [0, 0.1) is 0 Å². The molecule has 0 saturated carbocycles. The van der Waals surface area contributed by atoms with Crippen LogP contribution in [0.1, 0.15) is 33.1 Å². The Morgan fingerprint density at radius 3 is 2.62 bits per heavy atom. The van der Waals surface area contributed by atoms with Crippen molar-refractivity contribution in [2.75, 3.05) is 6.61 Å². The van der Waals surface area contributed by atoms with Crippen LogP contribution in [0.4, 0.5) is 0 Å². The molecule has 0 N–H and O–H groups in total. The van der Waals surface area contributed by atoms with Crippen molar-refractivity contribution in [3.63, 3.8) is 0 Å². The van der Waals surface area contributed by atoms with E-state index in [1.807, 2.05) is 13.0 Å². The third kappa shape index (κ3) is 8.86. The van der Waals surface area contributed by atoms with Crippen LogP contribution in [-0.2, 0) is 9.53 Å². The lowest BCUT2D eigenvalue weighted by Crippen LogP contribution is -2.01. The van der Waals surface area contributed by atoms with E-state index in [0.717, 1.165) is 19.3 Å². The summed E-state index contributed by atoms with van der Waals surface area (Å²) in [5.41, 5.74) is 0. The maximum atomic E-state index is 10.8. The Balaban J connectivity index is 3.20. The van der Waals surface area contributed by atoms with Crippen molar-refractivity contribution in [1.29, 1.82) is 0 Å². The SMILES string of the molecule is CC=CCCCCOC(=O)C=CC. The van der Waals surface area contributed by atoms with Gasteiger partial charge in [0, 0.05) is 6.08 Å². The van der Waals surface area contributed by atoms with E-state index in [2.05, 4.69) is 6.08 Å². The highest BCUT2D eigenvalue weighted by atomic mass is 16.5. The molecule has 0 spiro atoms. The summed E-state index contributed by atoms with van der Waals surface area (Å²) < 4.78 is 4.91. The number of carbonyl (C=O) groups is 1. The molecule has 0 radical (unpaired) electrons. The number of allylic oxidation sites excluding steroid dienone is 3. The minimum Gasteiger partial charge on any atom is -0.463 e. The highest BCUT2D eigenvalue weighted by molar-refractivity contribution is 5.81. The minimum absolute atomic E-state index is 0.242. The van der Waals surface area contributed by atoms with E-state index in [9.17, 15) is 4.79 Å². The lowest BCUT2D eigenvalue weighted by molar-refractivity contribution is -0.137. The second kappa shape index (κ2) is 9.04. The number of carbonyl (C=O) groups excluding carboxylic acids is 1. The summed E-state index contributed by atoms with van der Waals surface area (Å²) in [6.07, 6.45) is 10.4. The number of rotatable bonds is 6. The predicted molar refractivity (Wildman–Crippen MR) is 54.4 cm³/mol. The summed E-state index contributed by atoms with van der Waals surface area (Å²) in [5, 5.41) is 0. The monoisotopic (exact) mass is 182 g/mol. The fourth-order valence-electron chi connectivity index (χ4n) is 0.888. The summed E-state index contributed by atoms with van der Waals surface area (Å²) in [6, 6.07) is 0. The third-order valence-electron chi connectivity index (χ3n) is 1.55. The van der Waals surface area contributed by atoms with Crippen molar-refractivity contribution in [3.8, 4) is 0 Å². The largest absolute Gasteiger partial charge is 0.463 e. The van der Waals surface area contributed by atoms with Gasteiger partial charge in [-0.05, 0) is 33.1 Å². The van der Waals surface area contributed by atoms with Crippen LogP contribution < -0.4 is 0 Å². The molecule has 0 fully saturated rings. The lowest BCUT2D eigenvalue weighted by Gasteiger charge is -1.99. The molecule has 0 aromatic carbocycles. The number of unbranched alkanes of at least 4 members (excludes halogenated alkanes) is 2. The molecular formula is C11H18O2. The fraction of sp³-hybridized carbons (Fsp3) is 0.545. The van der Waals surface area contributed by atoms with Crippen LogP contribution in [-0.4, -0.2) is 12.6 Å². The van der Waals surface area contributed by atoms with Crippen LogP contribution in [0.5, 0.6) is 0 Å². The molecule has 0 aliphatic carbocycles. The molecule has 0 atom stereocenters. The van der Waals surface area contributed by atoms with Crippen LogP contribution in [0.15, 0.2) is 24.3 Å². The van der Waals surface area contributed by atoms with Gasteiger partial charge in [0.2, 0.25) is 0 Å². The van der Waals surface area contributed by atoms with Crippen LogP contribution >= 0.6 is 0 Å². The lowest BCUT2D eigenvalue weighted by atomic mass is 10.2. The highest BCUT2D eigenvalue weighted by Crippen LogP contribution is 1.97. The normalized spacial score (nSPS) is 11.2. The maximum absolute atomic E-state index is 10.8. The highest BCUT2D eigenvalue weighted by Gasteiger charge is 1.94. The Bertz CT molecular complexity index is 181. The van der Waals surface area contributed by atoms with E-state index in [1.165, 1.54) is 6.08 Å². The molecule has 0 bridgehead atoms. The molecule has 2 heteroatoms. The minimum atomic E-state index is -0.242. The van der Waals surface area contributed by atoms with Crippen LogP contribution in [0.25, 0.3) is 0 Å². The van der Waals surface area contributed by atoms with Crippen LogP contribution in [0.3, 0.4) is 0 Å². The van der Waals surface area contributed by atoms with E-state index in [1.54, 1.807) is 13.0 Å². The third-order valence-corrected chi connectivity index (χ3v) is 1.55. The summed E-state index contributed by atoms with van der Waals surface area (Å²) >= 11 is 0. The first-order valence-electron chi connectivity index (χ1n) is 4.72. The average molecular weight is 182 g/mol. The molecule has 0 aliphatic heterocycles. The Labute approximate surface area is 80.3 Å². The van der Waals surface area contributed by atoms with E-state index in [0.29, 0.717) is 6.61 Å². The summed E-state index contributed by atoms with van der Waals surface area (Å²) in [5.74, 6) is -0.242. The Morgan fingerprint density at radius 1 is 1.23 bits per heavy atom. The topological polar surface area (TPSA) is 26.3 Å². The first-order chi connectivity index (χ1) is 6.31. The van der Waals surface area contributed by atoms with Crippen molar-refractivity contribution < 1.29 is 9.53 Å². The number of ether oxygens (including phenoxy) is 1. The molecule has 0 aliphatic rings. The maximum Gasteiger partial charge on any atom is 0.330 e. The smallest absolute Gasteiger partial charge is 0.330 e. The van der Waals surface area contributed by atoms with E-state index < -0.39 is 0 Å². The molecule has 0 rings (SSSR count). The molecule has 0 amide bonds. The quantitative estimate of drug-likeness (QED) is 0.273. The number of hydrogen-bond donors (Lipinski definition) is 0. The number of hydrogen-bond acceptors (Lipinski definition) is 2. The first-order valence-corrected chi connectivity index (χ1v) is 4.72. The zero-order chi connectivity index (χ0) is 9.94. The zero-order valence-corrected chi connectivity index (χ0v) is 8.45. The van der Waals surface area contributed by atoms with Gasteiger partial charge in [0.05, 0.1) is 6.61 Å². The fourth-order valence-corrected chi connectivity index (χ4v) is 0.888. The summed E-state index contributed by atoms with van der Waals surface area (Å²) in [4.78, 5) is 10.8. The molecule has 0 heterocycles. The Morgan fingerprint density at radius 2 is 2.00 bits per heavy atom. The Kier molecular flexibility index (Phi) is 8.31. The second-order valence-corrected chi connectivity index (χ2v) is 2.73. The number of esters is 1. The van der Waals surface area contributed by atoms with Gasteiger partial charge in [-0.25, -0.2) is 4.79 Å². The van der Waals surface area contributed by atoms with Crippen molar-refractivity contribution in [1.82, 2.24) is 0 Å². The molecule has 0 saturated heterocycles. The van der Waals surface area contributed by atoms with Gasteiger partial charge in [0.1, 0.15) is 0 Å². The van der Waals surface area contributed by atoms with Crippen molar-refractivity contribution in [3.05, 3.63) is 24.3 Å². The van der Waals surface area contributed by atoms with Gasteiger partial charge in [0.15, 0.2) is 0 Å².